The third-order valence-corrected chi connectivity index (χ3v) is 6.47. The van der Waals surface area contributed by atoms with Crippen LogP contribution in [0, 0.1) is 12.8 Å². The molecular formula is C24H33N5O. The van der Waals surface area contributed by atoms with Crippen LogP contribution in [0.4, 0.5) is 5.82 Å². The number of likely N-dealkylation sites (tertiary alicyclic amines) is 1. The Morgan fingerprint density at radius 1 is 1.03 bits per heavy atom. The molecule has 160 valence electrons. The Morgan fingerprint density at radius 3 is 2.57 bits per heavy atom. The molecule has 2 aromatic rings. The molecule has 0 saturated carbocycles. The Morgan fingerprint density at radius 2 is 1.83 bits per heavy atom. The number of amides is 1. The van der Waals surface area contributed by atoms with Crippen molar-refractivity contribution in [1.29, 1.82) is 0 Å². The lowest BCUT2D eigenvalue weighted by Gasteiger charge is -2.42. The van der Waals surface area contributed by atoms with Crippen molar-refractivity contribution in [3.05, 3.63) is 53.7 Å². The van der Waals surface area contributed by atoms with Crippen LogP contribution in [-0.4, -0.2) is 59.8 Å². The van der Waals surface area contributed by atoms with Crippen LogP contribution < -0.4 is 10.2 Å². The monoisotopic (exact) mass is 407 g/mol. The highest BCUT2D eigenvalue weighted by molar-refractivity contribution is 5.79. The molecule has 30 heavy (non-hydrogen) atoms. The lowest BCUT2D eigenvalue weighted by molar-refractivity contribution is -0.127. The predicted molar refractivity (Wildman–Crippen MR) is 119 cm³/mol. The minimum atomic E-state index is 0.121. The molecule has 0 bridgehead atoms. The smallest absolute Gasteiger partial charge is 0.224 e. The van der Waals surface area contributed by atoms with Crippen LogP contribution >= 0.6 is 0 Å². The number of nitrogens with one attached hydrogen (secondary N) is 1. The number of aryl methyl sites for hydroxylation is 1. The maximum absolute atomic E-state index is 12.7. The second-order valence-corrected chi connectivity index (χ2v) is 8.61. The van der Waals surface area contributed by atoms with Gasteiger partial charge in [0.2, 0.25) is 5.91 Å². The van der Waals surface area contributed by atoms with E-state index in [-0.39, 0.29) is 11.8 Å². The zero-order chi connectivity index (χ0) is 20.8. The summed E-state index contributed by atoms with van der Waals surface area (Å²) in [5.74, 6) is 1.33. The second-order valence-electron chi connectivity index (χ2n) is 8.61. The first kappa shape index (κ1) is 20.8. The van der Waals surface area contributed by atoms with E-state index in [1.54, 1.807) is 0 Å². The van der Waals surface area contributed by atoms with Crippen LogP contribution in [0.2, 0.25) is 0 Å². The van der Waals surface area contributed by atoms with Gasteiger partial charge in [-0.05, 0) is 63.3 Å². The van der Waals surface area contributed by atoms with E-state index < -0.39 is 0 Å². The molecule has 0 spiro atoms. The Balaban J connectivity index is 1.23. The lowest BCUT2D eigenvalue weighted by atomic mass is 9.93. The van der Waals surface area contributed by atoms with Crippen molar-refractivity contribution in [3.8, 4) is 0 Å². The number of nitrogens with zero attached hydrogens (tertiary/aromatic N) is 4. The average molecular weight is 408 g/mol. The summed E-state index contributed by atoms with van der Waals surface area (Å²) in [6, 6.07) is 15.0. The summed E-state index contributed by atoms with van der Waals surface area (Å²) < 4.78 is 0. The van der Waals surface area contributed by atoms with Gasteiger partial charge in [-0.3, -0.25) is 9.69 Å². The minimum Gasteiger partial charge on any atom is -0.355 e. The number of benzene rings is 1. The largest absolute Gasteiger partial charge is 0.355 e. The van der Waals surface area contributed by atoms with Crippen LogP contribution in [0.25, 0.3) is 0 Å². The predicted octanol–water partition coefficient (Wildman–Crippen LogP) is 2.82. The van der Waals surface area contributed by atoms with E-state index in [4.69, 9.17) is 0 Å². The highest BCUT2D eigenvalue weighted by Crippen LogP contribution is 2.25. The van der Waals surface area contributed by atoms with E-state index in [9.17, 15) is 4.79 Å². The van der Waals surface area contributed by atoms with E-state index in [1.807, 2.05) is 31.2 Å². The number of carbonyl (C=O) groups is 1. The molecular weight excluding hydrogens is 374 g/mol. The first-order chi connectivity index (χ1) is 14.7. The normalized spacial score (nSPS) is 20.8. The quantitative estimate of drug-likeness (QED) is 0.798. The standard InChI is InChI=1S/C24H33N5O/c1-19-9-10-23(27-26-19)28-16-12-22(13-17-28)29-15-5-8-21(18-29)24(30)25-14-11-20-6-3-2-4-7-20/h2-4,6-7,9-10,21-22H,5,8,11-18H2,1H3,(H,25,30). The van der Waals surface area contributed by atoms with Crippen molar-refractivity contribution in [2.45, 2.75) is 45.1 Å². The van der Waals surface area contributed by atoms with Crippen LogP contribution in [-0.2, 0) is 11.2 Å². The Hall–Kier alpha value is -2.47. The van der Waals surface area contributed by atoms with Crippen LogP contribution in [0.1, 0.15) is 36.9 Å². The van der Waals surface area contributed by atoms with Crippen LogP contribution in [0.5, 0.6) is 0 Å². The highest BCUT2D eigenvalue weighted by Gasteiger charge is 2.31. The zero-order valence-electron chi connectivity index (χ0n) is 18.0. The molecule has 0 radical (unpaired) electrons. The van der Waals surface area contributed by atoms with Gasteiger partial charge in [0.15, 0.2) is 5.82 Å². The van der Waals surface area contributed by atoms with Crippen molar-refractivity contribution in [3.63, 3.8) is 0 Å². The molecule has 2 aliphatic rings. The minimum absolute atomic E-state index is 0.121. The molecule has 0 aliphatic carbocycles. The molecule has 2 fully saturated rings. The molecule has 1 aromatic heterocycles. The Kier molecular flexibility index (Phi) is 6.95. The third kappa shape index (κ3) is 5.36. The number of carbonyl (C=O) groups excluding carboxylic acids is 1. The number of anilines is 1. The zero-order valence-corrected chi connectivity index (χ0v) is 18.0. The van der Waals surface area contributed by atoms with Crippen molar-refractivity contribution in [2.24, 2.45) is 5.92 Å². The maximum atomic E-state index is 12.7. The van der Waals surface area contributed by atoms with Gasteiger partial charge in [-0.25, -0.2) is 0 Å². The molecule has 1 aromatic carbocycles. The molecule has 4 rings (SSSR count). The summed E-state index contributed by atoms with van der Waals surface area (Å²) >= 11 is 0. The molecule has 1 unspecified atom stereocenters. The number of rotatable bonds is 6. The van der Waals surface area contributed by atoms with E-state index in [1.165, 1.54) is 5.56 Å². The van der Waals surface area contributed by atoms with E-state index in [0.29, 0.717) is 6.04 Å². The molecule has 6 heteroatoms. The van der Waals surface area contributed by atoms with Gasteiger partial charge in [0, 0.05) is 32.2 Å². The van der Waals surface area contributed by atoms with E-state index in [2.05, 4.69) is 43.5 Å². The van der Waals surface area contributed by atoms with Crippen molar-refractivity contribution >= 4 is 11.7 Å². The van der Waals surface area contributed by atoms with E-state index in [0.717, 1.165) is 76.3 Å². The Labute approximate surface area is 179 Å². The number of piperidine rings is 2. The number of hydrogen-bond acceptors (Lipinski definition) is 5. The highest BCUT2D eigenvalue weighted by atomic mass is 16.1. The fourth-order valence-electron chi connectivity index (χ4n) is 4.69. The van der Waals surface area contributed by atoms with Gasteiger partial charge in [-0.2, -0.15) is 5.10 Å². The van der Waals surface area contributed by atoms with E-state index >= 15 is 0 Å². The average Bonchev–Trinajstić information content (AvgIpc) is 2.80. The SMILES string of the molecule is Cc1ccc(N2CCC(N3CCCC(C(=O)NCCc4ccccc4)C3)CC2)nn1. The van der Waals surface area contributed by atoms with Gasteiger partial charge in [0.25, 0.3) is 0 Å². The molecule has 1 N–H and O–H groups in total. The van der Waals surface area contributed by atoms with Crippen molar-refractivity contribution < 1.29 is 4.79 Å². The fraction of sp³-hybridized carbons (Fsp3) is 0.542. The second kappa shape index (κ2) is 10.0. The van der Waals surface area contributed by atoms with Crippen molar-refractivity contribution in [2.75, 3.05) is 37.6 Å². The molecule has 1 atom stereocenters. The summed E-state index contributed by atoms with van der Waals surface area (Å²) in [7, 11) is 0. The van der Waals surface area contributed by atoms with Gasteiger partial charge in [0.05, 0.1) is 11.6 Å². The molecule has 3 heterocycles. The topological polar surface area (TPSA) is 61.4 Å². The summed E-state index contributed by atoms with van der Waals surface area (Å²) in [4.78, 5) is 17.6. The van der Waals surface area contributed by atoms with Gasteiger partial charge >= 0.3 is 0 Å². The molecule has 6 nitrogen and oxygen atoms in total. The molecule has 2 saturated heterocycles. The fourth-order valence-corrected chi connectivity index (χ4v) is 4.69. The Bertz CT molecular complexity index is 802. The van der Waals surface area contributed by atoms with Crippen molar-refractivity contribution in [1.82, 2.24) is 20.4 Å². The van der Waals surface area contributed by atoms with Crippen LogP contribution in [0.3, 0.4) is 0 Å². The summed E-state index contributed by atoms with van der Waals surface area (Å²) in [5.41, 5.74) is 2.23. The summed E-state index contributed by atoms with van der Waals surface area (Å²) in [5, 5.41) is 11.7. The molecule has 2 aliphatic heterocycles. The van der Waals surface area contributed by atoms with Gasteiger partial charge in [0.1, 0.15) is 0 Å². The van der Waals surface area contributed by atoms with Gasteiger partial charge < -0.3 is 10.2 Å². The summed E-state index contributed by atoms with van der Waals surface area (Å²) in [6.07, 6.45) is 5.26. The third-order valence-electron chi connectivity index (χ3n) is 6.47. The first-order valence-corrected chi connectivity index (χ1v) is 11.3. The van der Waals surface area contributed by atoms with Crippen LogP contribution in [0.15, 0.2) is 42.5 Å². The van der Waals surface area contributed by atoms with Gasteiger partial charge in [-0.1, -0.05) is 30.3 Å². The number of aromatic nitrogens is 2. The molecule has 1 amide bonds. The summed E-state index contributed by atoms with van der Waals surface area (Å²) in [6.45, 7) is 6.71. The first-order valence-electron chi connectivity index (χ1n) is 11.3. The van der Waals surface area contributed by atoms with Gasteiger partial charge in [-0.15, -0.1) is 5.10 Å². The maximum Gasteiger partial charge on any atom is 0.224 e. The number of hydrogen-bond donors (Lipinski definition) is 1. The lowest BCUT2D eigenvalue weighted by Crippen LogP contribution is -2.51.